The van der Waals surface area contributed by atoms with Gasteiger partial charge in [-0.2, -0.15) is 4.68 Å². The number of aromatic nitrogens is 4. The lowest BCUT2D eigenvalue weighted by molar-refractivity contribution is -0.113. The molecule has 1 heterocycles. The van der Waals surface area contributed by atoms with Crippen LogP contribution in [0.15, 0.2) is 47.6 Å². The summed E-state index contributed by atoms with van der Waals surface area (Å²) >= 11 is 3.48. The van der Waals surface area contributed by atoms with Crippen LogP contribution < -0.4 is 10.1 Å². The highest BCUT2D eigenvalue weighted by molar-refractivity contribution is 14.1. The van der Waals surface area contributed by atoms with Gasteiger partial charge in [0.05, 0.1) is 12.9 Å². The van der Waals surface area contributed by atoms with Gasteiger partial charge in [0.25, 0.3) is 0 Å². The molecule has 3 aromatic rings. The lowest BCUT2D eigenvalue weighted by Crippen LogP contribution is -2.14. The molecule has 0 atom stereocenters. The van der Waals surface area contributed by atoms with E-state index < -0.39 is 0 Å². The van der Waals surface area contributed by atoms with Gasteiger partial charge in [0.2, 0.25) is 11.1 Å². The molecule has 9 heteroatoms. The van der Waals surface area contributed by atoms with E-state index in [-0.39, 0.29) is 11.7 Å². The Balaban J connectivity index is 1.70. The summed E-state index contributed by atoms with van der Waals surface area (Å²) in [7, 11) is 1.60. The Labute approximate surface area is 168 Å². The Morgan fingerprint density at radius 3 is 2.77 bits per heavy atom. The Morgan fingerprint density at radius 2 is 2.04 bits per heavy atom. The highest BCUT2D eigenvalue weighted by Gasteiger charge is 2.15. The van der Waals surface area contributed by atoms with E-state index in [2.05, 4.69) is 43.4 Å². The van der Waals surface area contributed by atoms with E-state index in [1.54, 1.807) is 11.8 Å². The number of nitrogens with one attached hydrogen (secondary N) is 1. The van der Waals surface area contributed by atoms with Crippen LogP contribution in [0.5, 0.6) is 5.75 Å². The summed E-state index contributed by atoms with van der Waals surface area (Å²) in [6, 6.07) is 13.4. The van der Waals surface area contributed by atoms with Crippen LogP contribution in [-0.2, 0) is 4.79 Å². The molecule has 0 bridgehead atoms. The molecule has 134 valence electrons. The Kier molecular flexibility index (Phi) is 6.09. The number of hydrogen-bond acceptors (Lipinski definition) is 6. The average Bonchev–Trinajstić information content (AvgIpc) is 3.10. The number of halogens is 1. The van der Waals surface area contributed by atoms with Gasteiger partial charge < -0.3 is 10.1 Å². The zero-order valence-electron chi connectivity index (χ0n) is 14.1. The second-order valence-corrected chi connectivity index (χ2v) is 7.58. The second kappa shape index (κ2) is 8.49. The number of nitrogens with zero attached hydrogens (tertiary/aromatic N) is 4. The third kappa shape index (κ3) is 4.52. The van der Waals surface area contributed by atoms with Crippen molar-refractivity contribution < 1.29 is 9.53 Å². The number of rotatable bonds is 6. The van der Waals surface area contributed by atoms with Gasteiger partial charge in [-0.05, 0) is 81.9 Å². The Bertz CT molecular complexity index is 914. The molecule has 0 aliphatic rings. The SMILES string of the molecule is COc1ccc(C)cc1-n1nnnc1SCC(=O)Nc1ccc(I)cc1. The predicted octanol–water partition coefficient (Wildman–Crippen LogP) is 3.31. The number of carbonyl (C=O) groups is 1. The van der Waals surface area contributed by atoms with Crippen LogP contribution in [0.3, 0.4) is 0 Å². The molecule has 7 nitrogen and oxygen atoms in total. The molecule has 1 amide bonds. The quantitative estimate of drug-likeness (QED) is 0.430. The van der Waals surface area contributed by atoms with E-state index in [1.165, 1.54) is 11.8 Å². The fourth-order valence-electron chi connectivity index (χ4n) is 2.25. The first-order valence-corrected chi connectivity index (χ1v) is 9.75. The number of thioether (sulfide) groups is 1. The molecule has 0 radical (unpaired) electrons. The maximum atomic E-state index is 12.2. The molecule has 0 spiro atoms. The van der Waals surface area contributed by atoms with E-state index in [9.17, 15) is 4.79 Å². The summed E-state index contributed by atoms with van der Waals surface area (Å²) in [6.07, 6.45) is 0. The summed E-state index contributed by atoms with van der Waals surface area (Å²) in [5.74, 6) is 0.732. The van der Waals surface area contributed by atoms with Crippen molar-refractivity contribution in [3.63, 3.8) is 0 Å². The molecule has 0 saturated heterocycles. The molecule has 0 saturated carbocycles. The standard InChI is InChI=1S/C17H16IN5O2S/c1-11-3-8-15(25-2)14(9-11)23-17(20-21-22-23)26-10-16(24)19-13-6-4-12(18)5-7-13/h3-9H,10H2,1-2H3,(H,19,24). The van der Waals surface area contributed by atoms with Crippen molar-refractivity contribution >= 4 is 45.9 Å². The van der Waals surface area contributed by atoms with E-state index in [1.807, 2.05) is 49.4 Å². The molecule has 0 aliphatic heterocycles. The van der Waals surface area contributed by atoms with Gasteiger partial charge >= 0.3 is 0 Å². The molecular formula is C17H16IN5O2S. The minimum atomic E-state index is -0.123. The van der Waals surface area contributed by atoms with Crippen molar-refractivity contribution in [1.29, 1.82) is 0 Å². The number of anilines is 1. The highest BCUT2D eigenvalue weighted by atomic mass is 127. The van der Waals surface area contributed by atoms with Crippen molar-refractivity contribution in [3.05, 3.63) is 51.6 Å². The van der Waals surface area contributed by atoms with Crippen LogP contribution in [0.25, 0.3) is 5.69 Å². The molecule has 26 heavy (non-hydrogen) atoms. The van der Waals surface area contributed by atoms with Crippen molar-refractivity contribution in [2.45, 2.75) is 12.1 Å². The van der Waals surface area contributed by atoms with Crippen molar-refractivity contribution in [2.24, 2.45) is 0 Å². The fourth-order valence-corrected chi connectivity index (χ4v) is 3.29. The predicted molar refractivity (Wildman–Crippen MR) is 109 cm³/mol. The van der Waals surface area contributed by atoms with Gasteiger partial charge in [-0.3, -0.25) is 4.79 Å². The third-order valence-electron chi connectivity index (χ3n) is 3.46. The summed E-state index contributed by atoms with van der Waals surface area (Å²) in [6.45, 7) is 1.98. The van der Waals surface area contributed by atoms with Crippen LogP contribution in [0, 0.1) is 10.5 Å². The van der Waals surface area contributed by atoms with E-state index in [4.69, 9.17) is 4.74 Å². The van der Waals surface area contributed by atoms with Gasteiger partial charge in [-0.15, -0.1) is 5.10 Å². The van der Waals surface area contributed by atoms with E-state index in [0.29, 0.717) is 10.9 Å². The Morgan fingerprint density at radius 1 is 1.27 bits per heavy atom. The maximum Gasteiger partial charge on any atom is 0.234 e. The third-order valence-corrected chi connectivity index (χ3v) is 5.10. The zero-order chi connectivity index (χ0) is 18.5. The molecule has 1 aromatic heterocycles. The minimum absolute atomic E-state index is 0.123. The van der Waals surface area contributed by atoms with Gasteiger partial charge in [-0.1, -0.05) is 17.8 Å². The number of benzene rings is 2. The molecule has 0 aliphatic carbocycles. The number of methoxy groups -OCH3 is 1. The van der Waals surface area contributed by atoms with Gasteiger partial charge in [-0.25, -0.2) is 0 Å². The average molecular weight is 481 g/mol. The molecule has 1 N–H and O–H groups in total. The largest absolute Gasteiger partial charge is 0.494 e. The van der Waals surface area contributed by atoms with Gasteiger partial charge in [0.1, 0.15) is 11.4 Å². The summed E-state index contributed by atoms with van der Waals surface area (Å²) < 4.78 is 8.08. The van der Waals surface area contributed by atoms with E-state index in [0.717, 1.165) is 20.5 Å². The van der Waals surface area contributed by atoms with Crippen molar-refractivity contribution in [1.82, 2.24) is 20.2 Å². The topological polar surface area (TPSA) is 81.9 Å². The smallest absolute Gasteiger partial charge is 0.234 e. The number of amides is 1. The lowest BCUT2D eigenvalue weighted by atomic mass is 10.2. The summed E-state index contributed by atoms with van der Waals surface area (Å²) in [5.41, 5.74) is 2.55. The normalized spacial score (nSPS) is 10.6. The summed E-state index contributed by atoms with van der Waals surface area (Å²) in [4.78, 5) is 12.2. The van der Waals surface area contributed by atoms with Crippen molar-refractivity contribution in [3.8, 4) is 11.4 Å². The monoisotopic (exact) mass is 481 g/mol. The highest BCUT2D eigenvalue weighted by Crippen LogP contribution is 2.27. The van der Waals surface area contributed by atoms with Crippen molar-refractivity contribution in [2.75, 3.05) is 18.2 Å². The fraction of sp³-hybridized carbons (Fsp3) is 0.176. The molecule has 0 unspecified atom stereocenters. The first-order valence-electron chi connectivity index (χ1n) is 7.68. The molecular weight excluding hydrogens is 465 g/mol. The number of tetrazole rings is 1. The van der Waals surface area contributed by atoms with Crippen LogP contribution in [0.1, 0.15) is 5.56 Å². The first kappa shape index (κ1) is 18.6. The van der Waals surface area contributed by atoms with E-state index >= 15 is 0 Å². The van der Waals surface area contributed by atoms with Crippen LogP contribution in [0.2, 0.25) is 0 Å². The van der Waals surface area contributed by atoms with Gasteiger partial charge in [0, 0.05) is 9.26 Å². The summed E-state index contributed by atoms with van der Waals surface area (Å²) in [5, 5.41) is 15.2. The number of carbonyl (C=O) groups excluding carboxylic acids is 1. The number of aryl methyl sites for hydroxylation is 1. The first-order chi connectivity index (χ1) is 12.6. The lowest BCUT2D eigenvalue weighted by Gasteiger charge is -2.10. The Hall–Kier alpha value is -2.14. The zero-order valence-corrected chi connectivity index (χ0v) is 17.1. The molecule has 3 rings (SSSR count). The molecule has 0 fully saturated rings. The maximum absolute atomic E-state index is 12.2. The van der Waals surface area contributed by atoms with Gasteiger partial charge in [0.15, 0.2) is 0 Å². The number of hydrogen-bond donors (Lipinski definition) is 1. The number of ether oxygens (including phenoxy) is 1. The minimum Gasteiger partial charge on any atom is -0.494 e. The van der Waals surface area contributed by atoms with Crippen LogP contribution >= 0.6 is 34.4 Å². The van der Waals surface area contributed by atoms with Crippen LogP contribution in [-0.4, -0.2) is 39.0 Å². The molecule has 2 aromatic carbocycles. The second-order valence-electron chi connectivity index (χ2n) is 5.39. The van der Waals surface area contributed by atoms with Crippen LogP contribution in [0.4, 0.5) is 5.69 Å².